The van der Waals surface area contributed by atoms with Crippen LogP contribution in [-0.2, 0) is 22.6 Å². The number of primary amides is 1. The van der Waals surface area contributed by atoms with Gasteiger partial charge in [-0.3, -0.25) is 9.59 Å². The number of hydrogen-bond acceptors (Lipinski definition) is 5. The Labute approximate surface area is 174 Å². The lowest BCUT2D eigenvalue weighted by atomic mass is 10.1. The summed E-state index contributed by atoms with van der Waals surface area (Å²) in [5, 5.41) is 12.6. The van der Waals surface area contributed by atoms with Crippen molar-refractivity contribution in [2.75, 3.05) is 5.75 Å². The summed E-state index contributed by atoms with van der Waals surface area (Å²) in [4.78, 5) is 23.4. The van der Waals surface area contributed by atoms with Gasteiger partial charge in [0.1, 0.15) is 5.82 Å². The molecule has 0 aliphatic rings. The molecule has 0 bridgehead atoms. The molecule has 1 aromatic heterocycles. The van der Waals surface area contributed by atoms with Crippen LogP contribution >= 0.6 is 23.4 Å². The summed E-state index contributed by atoms with van der Waals surface area (Å²) in [7, 11) is 0. The number of amides is 2. The highest BCUT2D eigenvalue weighted by Gasteiger charge is 2.17. The quantitative estimate of drug-likeness (QED) is 0.572. The largest absolute Gasteiger partial charge is 0.370 e. The zero-order valence-corrected chi connectivity index (χ0v) is 17.9. The van der Waals surface area contributed by atoms with E-state index in [1.165, 1.54) is 11.8 Å². The lowest BCUT2D eigenvalue weighted by molar-refractivity contribution is -0.119. The van der Waals surface area contributed by atoms with Crippen LogP contribution in [0.25, 0.3) is 0 Å². The van der Waals surface area contributed by atoms with Crippen LogP contribution in [-0.4, -0.2) is 32.3 Å². The van der Waals surface area contributed by atoms with E-state index in [0.717, 1.165) is 5.56 Å². The number of carbonyl (C=O) groups is 2. The summed E-state index contributed by atoms with van der Waals surface area (Å²) in [6.07, 6.45) is 0.659. The van der Waals surface area contributed by atoms with Crippen molar-refractivity contribution in [1.82, 2.24) is 20.1 Å². The van der Waals surface area contributed by atoms with Gasteiger partial charge in [0.25, 0.3) is 0 Å². The summed E-state index contributed by atoms with van der Waals surface area (Å²) in [5.41, 5.74) is 6.18. The Morgan fingerprint density at radius 2 is 2.04 bits per heavy atom. The van der Waals surface area contributed by atoms with E-state index in [-0.39, 0.29) is 30.0 Å². The van der Waals surface area contributed by atoms with Gasteiger partial charge in [-0.05, 0) is 30.5 Å². The maximum Gasteiger partial charge on any atom is 0.230 e. The Hall–Kier alpha value is -2.06. The minimum absolute atomic E-state index is 0.102. The number of nitrogens with one attached hydrogen (secondary N) is 1. The lowest BCUT2D eigenvalue weighted by Gasteiger charge is -2.15. The maximum absolute atomic E-state index is 12.4. The van der Waals surface area contributed by atoms with Crippen molar-refractivity contribution in [3.05, 3.63) is 40.7 Å². The Bertz CT molecular complexity index is 824. The molecule has 0 saturated carbocycles. The van der Waals surface area contributed by atoms with Crippen molar-refractivity contribution in [3.8, 4) is 0 Å². The molecule has 28 heavy (non-hydrogen) atoms. The average molecular weight is 424 g/mol. The molecule has 0 spiro atoms. The standard InChI is InChI=1S/C19H26ClN5O2S/c1-12(2)10-25-17(8-7-16(21)26)23-24-19(25)28-11-18(27)22-13(3)14-5-4-6-15(20)9-14/h4-6,9,12-13H,7-8,10-11H2,1-3H3,(H2,21,26)(H,22,27)/t13-/m0/s1. The van der Waals surface area contributed by atoms with Crippen LogP contribution in [0.15, 0.2) is 29.4 Å². The molecular formula is C19H26ClN5O2S. The van der Waals surface area contributed by atoms with Gasteiger partial charge < -0.3 is 15.6 Å². The highest BCUT2D eigenvalue weighted by atomic mass is 35.5. The highest BCUT2D eigenvalue weighted by Crippen LogP contribution is 2.21. The summed E-state index contributed by atoms with van der Waals surface area (Å²) in [5.74, 6) is 0.830. The fourth-order valence-corrected chi connectivity index (χ4v) is 3.64. The number of aromatic nitrogens is 3. The molecule has 2 aromatic rings. The Kier molecular flexibility index (Phi) is 8.32. The first-order valence-corrected chi connectivity index (χ1v) is 10.5. The third-order valence-electron chi connectivity index (χ3n) is 3.99. The van der Waals surface area contributed by atoms with Gasteiger partial charge in [0, 0.05) is 24.4 Å². The molecule has 152 valence electrons. The number of rotatable bonds is 10. The van der Waals surface area contributed by atoms with Crippen molar-refractivity contribution in [1.29, 1.82) is 0 Å². The molecule has 2 amide bonds. The minimum Gasteiger partial charge on any atom is -0.370 e. The molecular weight excluding hydrogens is 398 g/mol. The third-order valence-corrected chi connectivity index (χ3v) is 5.20. The normalized spacial score (nSPS) is 12.2. The number of thioether (sulfide) groups is 1. The first-order valence-electron chi connectivity index (χ1n) is 9.14. The second kappa shape index (κ2) is 10.5. The lowest BCUT2D eigenvalue weighted by Crippen LogP contribution is -2.28. The zero-order valence-electron chi connectivity index (χ0n) is 16.3. The average Bonchev–Trinajstić information content (AvgIpc) is 2.99. The van der Waals surface area contributed by atoms with E-state index >= 15 is 0 Å². The van der Waals surface area contributed by atoms with E-state index < -0.39 is 0 Å². The molecule has 1 aromatic carbocycles. The van der Waals surface area contributed by atoms with Gasteiger partial charge >= 0.3 is 0 Å². The molecule has 9 heteroatoms. The molecule has 1 heterocycles. The van der Waals surface area contributed by atoms with E-state index in [4.69, 9.17) is 17.3 Å². The van der Waals surface area contributed by atoms with Gasteiger partial charge in [0.15, 0.2) is 5.16 Å². The Morgan fingerprint density at radius 3 is 2.68 bits per heavy atom. The van der Waals surface area contributed by atoms with E-state index in [9.17, 15) is 9.59 Å². The SMILES string of the molecule is CC(C)Cn1c(CCC(N)=O)nnc1SCC(=O)N[C@@H](C)c1cccc(Cl)c1. The number of benzene rings is 1. The number of halogens is 1. The summed E-state index contributed by atoms with van der Waals surface area (Å²) >= 11 is 7.34. The van der Waals surface area contributed by atoms with Gasteiger partial charge in [0.05, 0.1) is 11.8 Å². The van der Waals surface area contributed by atoms with Gasteiger partial charge in [-0.1, -0.05) is 49.3 Å². The van der Waals surface area contributed by atoms with Crippen LogP contribution in [0.1, 0.15) is 44.6 Å². The smallest absolute Gasteiger partial charge is 0.230 e. The van der Waals surface area contributed by atoms with Gasteiger partial charge in [-0.15, -0.1) is 10.2 Å². The van der Waals surface area contributed by atoms with Crippen LogP contribution < -0.4 is 11.1 Å². The summed E-state index contributed by atoms with van der Waals surface area (Å²) in [6.45, 7) is 6.80. The monoisotopic (exact) mass is 423 g/mol. The van der Waals surface area contributed by atoms with Gasteiger partial charge in [0.2, 0.25) is 11.8 Å². The molecule has 1 atom stereocenters. The number of carbonyl (C=O) groups excluding carboxylic acids is 2. The first-order chi connectivity index (χ1) is 13.3. The van der Waals surface area contributed by atoms with Crippen LogP contribution in [0.2, 0.25) is 5.02 Å². The van der Waals surface area contributed by atoms with Crippen LogP contribution in [0.3, 0.4) is 0 Å². The highest BCUT2D eigenvalue weighted by molar-refractivity contribution is 7.99. The molecule has 3 N–H and O–H groups in total. The molecule has 0 radical (unpaired) electrons. The van der Waals surface area contributed by atoms with E-state index in [2.05, 4.69) is 29.4 Å². The molecule has 2 rings (SSSR count). The second-order valence-electron chi connectivity index (χ2n) is 7.00. The van der Waals surface area contributed by atoms with Crippen molar-refractivity contribution >= 4 is 35.2 Å². The fourth-order valence-electron chi connectivity index (χ4n) is 2.67. The zero-order chi connectivity index (χ0) is 20.7. The van der Waals surface area contributed by atoms with Crippen molar-refractivity contribution in [2.45, 2.75) is 51.4 Å². The number of aryl methyl sites for hydroxylation is 1. The van der Waals surface area contributed by atoms with E-state index in [1.807, 2.05) is 29.7 Å². The van der Waals surface area contributed by atoms with E-state index in [0.29, 0.717) is 34.9 Å². The molecule has 0 aliphatic carbocycles. The molecule has 0 aliphatic heterocycles. The van der Waals surface area contributed by atoms with Crippen LogP contribution in [0.4, 0.5) is 0 Å². The summed E-state index contributed by atoms with van der Waals surface area (Å²) in [6, 6.07) is 7.27. The van der Waals surface area contributed by atoms with Crippen molar-refractivity contribution in [3.63, 3.8) is 0 Å². The van der Waals surface area contributed by atoms with Crippen molar-refractivity contribution in [2.24, 2.45) is 11.7 Å². The first kappa shape index (κ1) is 22.2. The van der Waals surface area contributed by atoms with Crippen molar-refractivity contribution < 1.29 is 9.59 Å². The van der Waals surface area contributed by atoms with Gasteiger partial charge in [-0.2, -0.15) is 0 Å². The van der Waals surface area contributed by atoms with E-state index in [1.54, 1.807) is 6.07 Å². The number of hydrogen-bond donors (Lipinski definition) is 2. The number of nitrogens with two attached hydrogens (primary N) is 1. The fraction of sp³-hybridized carbons (Fsp3) is 0.474. The molecule has 0 saturated heterocycles. The molecule has 0 fully saturated rings. The third kappa shape index (κ3) is 6.83. The Morgan fingerprint density at radius 1 is 1.29 bits per heavy atom. The minimum atomic E-state index is -0.373. The maximum atomic E-state index is 12.4. The van der Waals surface area contributed by atoms with Gasteiger partial charge in [-0.25, -0.2) is 0 Å². The predicted molar refractivity (Wildman–Crippen MR) is 111 cm³/mol. The van der Waals surface area contributed by atoms with Crippen LogP contribution in [0, 0.1) is 5.92 Å². The molecule has 0 unspecified atom stereocenters. The Balaban J connectivity index is 1.98. The second-order valence-corrected chi connectivity index (χ2v) is 8.38. The topological polar surface area (TPSA) is 103 Å². The van der Waals surface area contributed by atoms with Crippen LogP contribution in [0.5, 0.6) is 0 Å². The predicted octanol–water partition coefficient (Wildman–Crippen LogP) is 2.97. The summed E-state index contributed by atoms with van der Waals surface area (Å²) < 4.78 is 1.96. The number of nitrogens with zero attached hydrogens (tertiary/aromatic N) is 3. The molecule has 7 nitrogen and oxygen atoms in total.